The first-order valence-corrected chi connectivity index (χ1v) is 5.89. The van der Waals surface area contributed by atoms with Crippen LogP contribution in [0.15, 0.2) is 22.7 Å². The van der Waals surface area contributed by atoms with Crippen LogP contribution in [-0.2, 0) is 0 Å². The molecule has 3 N–H and O–H groups in total. The smallest absolute Gasteiger partial charge is 0.124 e. The maximum absolute atomic E-state index is 12.9. The number of nitrogens with one attached hydrogen (secondary N) is 1. The summed E-state index contributed by atoms with van der Waals surface area (Å²) in [6.45, 7) is 2.13. The van der Waals surface area contributed by atoms with Crippen molar-refractivity contribution in [2.75, 3.05) is 0 Å². The minimum atomic E-state index is -0.239. The highest BCUT2D eigenvalue weighted by atomic mass is 79.9. The summed E-state index contributed by atoms with van der Waals surface area (Å²) in [5.74, 6) is 5.25. The van der Waals surface area contributed by atoms with Gasteiger partial charge in [-0.3, -0.25) is 11.3 Å². The summed E-state index contributed by atoms with van der Waals surface area (Å²) >= 11 is 3.34. The van der Waals surface area contributed by atoms with Gasteiger partial charge < -0.3 is 0 Å². The molecule has 15 heavy (non-hydrogen) atoms. The molecule has 0 aliphatic heterocycles. The first-order chi connectivity index (χ1) is 7.19. The van der Waals surface area contributed by atoms with Gasteiger partial charge in [0.15, 0.2) is 0 Å². The maximum Gasteiger partial charge on any atom is 0.124 e. The topological polar surface area (TPSA) is 38.0 Å². The zero-order valence-electron chi connectivity index (χ0n) is 8.76. The molecule has 0 amide bonds. The molecule has 0 aliphatic rings. The summed E-state index contributed by atoms with van der Waals surface area (Å²) in [6.07, 6.45) is 3.17. The Bertz CT molecular complexity index is 317. The number of hydrazine groups is 1. The van der Waals surface area contributed by atoms with E-state index in [4.69, 9.17) is 5.84 Å². The second-order valence-electron chi connectivity index (χ2n) is 3.53. The summed E-state index contributed by atoms with van der Waals surface area (Å²) in [5, 5.41) is 0. The lowest BCUT2D eigenvalue weighted by Gasteiger charge is -2.17. The Hall–Kier alpha value is -0.450. The highest BCUT2D eigenvalue weighted by Gasteiger charge is 2.12. The number of hydrogen-bond acceptors (Lipinski definition) is 2. The van der Waals surface area contributed by atoms with Gasteiger partial charge >= 0.3 is 0 Å². The van der Waals surface area contributed by atoms with E-state index < -0.39 is 0 Å². The summed E-state index contributed by atoms with van der Waals surface area (Å²) in [4.78, 5) is 0. The molecule has 0 fully saturated rings. The number of hydrogen-bond donors (Lipinski definition) is 2. The van der Waals surface area contributed by atoms with Crippen LogP contribution in [0.5, 0.6) is 0 Å². The molecule has 0 heterocycles. The number of unbranched alkanes of at least 4 members (excludes halogenated alkanes) is 1. The normalized spacial score (nSPS) is 12.8. The van der Waals surface area contributed by atoms with Gasteiger partial charge in [0, 0.05) is 10.5 Å². The molecule has 4 heteroatoms. The molecule has 84 valence electrons. The first kappa shape index (κ1) is 12.6. The predicted octanol–water partition coefficient (Wildman–Crippen LogP) is 3.28. The molecule has 0 bridgehead atoms. The van der Waals surface area contributed by atoms with Crippen molar-refractivity contribution in [3.8, 4) is 0 Å². The Kier molecular flexibility index (Phi) is 5.22. The molecular formula is C11H16BrFN2. The Labute approximate surface area is 98.1 Å². The van der Waals surface area contributed by atoms with Crippen molar-refractivity contribution in [3.63, 3.8) is 0 Å². The van der Waals surface area contributed by atoms with Crippen LogP contribution in [-0.4, -0.2) is 0 Å². The molecule has 1 rings (SSSR count). The molecule has 2 nitrogen and oxygen atoms in total. The quantitative estimate of drug-likeness (QED) is 0.639. The minimum Gasteiger partial charge on any atom is -0.271 e. The van der Waals surface area contributed by atoms with Crippen LogP contribution in [0.25, 0.3) is 0 Å². The Balaban J connectivity index is 2.81. The lowest BCUT2D eigenvalue weighted by Crippen LogP contribution is -2.28. The monoisotopic (exact) mass is 274 g/mol. The highest BCUT2D eigenvalue weighted by molar-refractivity contribution is 9.10. The van der Waals surface area contributed by atoms with E-state index in [0.717, 1.165) is 29.3 Å². The van der Waals surface area contributed by atoms with E-state index in [9.17, 15) is 4.39 Å². The van der Waals surface area contributed by atoms with E-state index in [0.29, 0.717) is 0 Å². The fourth-order valence-corrected chi connectivity index (χ4v) is 2.15. The first-order valence-electron chi connectivity index (χ1n) is 5.10. The average Bonchev–Trinajstić information content (AvgIpc) is 2.21. The number of nitrogens with two attached hydrogens (primary N) is 1. The zero-order chi connectivity index (χ0) is 11.3. The number of rotatable bonds is 5. The van der Waals surface area contributed by atoms with E-state index in [2.05, 4.69) is 28.3 Å². The summed E-state index contributed by atoms with van der Waals surface area (Å²) < 4.78 is 13.7. The molecule has 0 saturated carbocycles. The average molecular weight is 275 g/mol. The highest BCUT2D eigenvalue weighted by Crippen LogP contribution is 2.27. The van der Waals surface area contributed by atoms with Gasteiger partial charge in [-0.15, -0.1) is 0 Å². The van der Waals surface area contributed by atoms with E-state index in [1.165, 1.54) is 12.1 Å². The van der Waals surface area contributed by atoms with Gasteiger partial charge in [-0.2, -0.15) is 0 Å². The molecule has 0 aromatic heterocycles. The lowest BCUT2D eigenvalue weighted by atomic mass is 10.0. The molecule has 0 spiro atoms. The van der Waals surface area contributed by atoms with Gasteiger partial charge in [0.1, 0.15) is 5.82 Å². The fourth-order valence-electron chi connectivity index (χ4n) is 1.52. The van der Waals surface area contributed by atoms with Gasteiger partial charge in [-0.1, -0.05) is 41.8 Å². The Morgan fingerprint density at radius 3 is 2.80 bits per heavy atom. The van der Waals surface area contributed by atoms with E-state index >= 15 is 0 Å². The van der Waals surface area contributed by atoms with Crippen LogP contribution in [0, 0.1) is 5.82 Å². The largest absolute Gasteiger partial charge is 0.271 e. The number of halogens is 2. The van der Waals surface area contributed by atoms with Crippen molar-refractivity contribution in [2.24, 2.45) is 5.84 Å². The van der Waals surface area contributed by atoms with Crippen molar-refractivity contribution in [1.29, 1.82) is 0 Å². The van der Waals surface area contributed by atoms with Crippen molar-refractivity contribution < 1.29 is 4.39 Å². The number of benzene rings is 1. The third-order valence-corrected chi connectivity index (χ3v) is 3.07. The molecule has 1 atom stereocenters. The van der Waals surface area contributed by atoms with Gasteiger partial charge in [0.2, 0.25) is 0 Å². The third kappa shape index (κ3) is 3.55. The molecule has 0 aliphatic carbocycles. The second kappa shape index (κ2) is 6.20. The molecule has 0 saturated heterocycles. The van der Waals surface area contributed by atoms with Crippen LogP contribution in [0.4, 0.5) is 4.39 Å². The third-order valence-electron chi connectivity index (χ3n) is 2.39. The predicted molar refractivity (Wildman–Crippen MR) is 63.7 cm³/mol. The van der Waals surface area contributed by atoms with E-state index in [1.807, 2.05) is 0 Å². The van der Waals surface area contributed by atoms with Crippen LogP contribution >= 0.6 is 15.9 Å². The second-order valence-corrected chi connectivity index (χ2v) is 4.38. The van der Waals surface area contributed by atoms with Crippen LogP contribution in [0.1, 0.15) is 37.8 Å². The zero-order valence-corrected chi connectivity index (χ0v) is 10.3. The maximum atomic E-state index is 12.9. The van der Waals surface area contributed by atoms with E-state index in [-0.39, 0.29) is 11.9 Å². The summed E-state index contributed by atoms with van der Waals surface area (Å²) in [7, 11) is 0. The van der Waals surface area contributed by atoms with Gasteiger partial charge in [-0.25, -0.2) is 4.39 Å². The van der Waals surface area contributed by atoms with Crippen molar-refractivity contribution >= 4 is 15.9 Å². The lowest BCUT2D eigenvalue weighted by molar-refractivity contribution is 0.492. The van der Waals surface area contributed by atoms with Crippen LogP contribution in [0.2, 0.25) is 0 Å². The Morgan fingerprint density at radius 2 is 2.27 bits per heavy atom. The van der Waals surface area contributed by atoms with Crippen molar-refractivity contribution in [1.82, 2.24) is 5.43 Å². The van der Waals surface area contributed by atoms with Crippen LogP contribution < -0.4 is 11.3 Å². The molecular weight excluding hydrogens is 259 g/mol. The molecule has 1 aromatic carbocycles. The molecule has 1 unspecified atom stereocenters. The standard InChI is InChI=1S/C11H16BrFN2/c1-2-3-4-11(15-14)9-6-5-8(13)7-10(9)12/h5-7,11,15H,2-4,14H2,1H3. The van der Waals surface area contributed by atoms with Crippen molar-refractivity contribution in [3.05, 3.63) is 34.1 Å². The molecule has 1 aromatic rings. The van der Waals surface area contributed by atoms with Crippen LogP contribution in [0.3, 0.4) is 0 Å². The van der Waals surface area contributed by atoms with Gasteiger partial charge in [0.05, 0.1) is 0 Å². The summed E-state index contributed by atoms with van der Waals surface area (Å²) in [5.41, 5.74) is 3.77. The fraction of sp³-hybridized carbons (Fsp3) is 0.455. The summed E-state index contributed by atoms with van der Waals surface area (Å²) in [6, 6.07) is 4.77. The SMILES string of the molecule is CCCCC(NN)c1ccc(F)cc1Br. The van der Waals surface area contributed by atoms with Crippen molar-refractivity contribution in [2.45, 2.75) is 32.2 Å². The molecule has 0 radical (unpaired) electrons. The van der Waals surface area contributed by atoms with Gasteiger partial charge in [-0.05, 0) is 24.1 Å². The minimum absolute atomic E-state index is 0.0833. The Morgan fingerprint density at radius 1 is 1.53 bits per heavy atom. The van der Waals surface area contributed by atoms with E-state index in [1.54, 1.807) is 6.07 Å². The van der Waals surface area contributed by atoms with Gasteiger partial charge in [0.25, 0.3) is 0 Å².